The van der Waals surface area contributed by atoms with Gasteiger partial charge < -0.3 is 19.3 Å². The molecule has 0 radical (unpaired) electrons. The highest BCUT2D eigenvalue weighted by Crippen LogP contribution is 2.44. The number of carbonyl (C=O) groups excluding carboxylic acids is 6. The highest BCUT2D eigenvalue weighted by atomic mass is 35.5. The maximum Gasteiger partial charge on any atom is 0.266 e. The number of allylic oxidation sites excluding steroid dienone is 1. The van der Waals surface area contributed by atoms with Gasteiger partial charge in [-0.2, -0.15) is 0 Å². The van der Waals surface area contributed by atoms with E-state index in [1.54, 1.807) is 115 Å². The predicted molar refractivity (Wildman–Crippen MR) is 400 cm³/mol. The number of rotatable bonds is 20. The molecule has 14 rings (SSSR count). The first-order valence-electron chi connectivity index (χ1n) is 34.3. The summed E-state index contributed by atoms with van der Waals surface area (Å²) in [6, 6.07) is 65.9. The van der Waals surface area contributed by atoms with Crippen molar-refractivity contribution in [3.8, 4) is 34.4 Å². The molecule has 16 nitrogen and oxygen atoms in total. The van der Waals surface area contributed by atoms with Crippen LogP contribution in [0.2, 0.25) is 5.02 Å². The van der Waals surface area contributed by atoms with Crippen LogP contribution in [0.1, 0.15) is 170 Å². The van der Waals surface area contributed by atoms with Gasteiger partial charge >= 0.3 is 0 Å². The molecule has 104 heavy (non-hydrogen) atoms. The highest BCUT2D eigenvalue weighted by Gasteiger charge is 2.43. The zero-order valence-corrected chi connectivity index (χ0v) is 59.1. The number of aromatic nitrogens is 1. The summed E-state index contributed by atoms with van der Waals surface area (Å²) in [6.07, 6.45) is 5.51. The van der Waals surface area contributed by atoms with E-state index in [1.807, 2.05) is 119 Å². The van der Waals surface area contributed by atoms with Crippen molar-refractivity contribution in [3.05, 3.63) is 346 Å². The maximum absolute atomic E-state index is 14.5. The van der Waals surface area contributed by atoms with Crippen molar-refractivity contribution in [1.82, 2.24) is 4.57 Å². The van der Waals surface area contributed by atoms with Crippen LogP contribution in [0.25, 0.3) is 5.69 Å². The molecule has 1 unspecified atom stereocenters. The topological polar surface area (TPSA) is 199 Å². The molecule has 9 aromatic carbocycles. The normalized spacial score (nSPS) is 14.3. The number of imide groups is 3. The number of phenols is 1. The van der Waals surface area contributed by atoms with Crippen molar-refractivity contribution in [2.24, 2.45) is 0 Å². The van der Waals surface area contributed by atoms with Crippen molar-refractivity contribution in [2.45, 2.75) is 96.7 Å². The predicted octanol–water partition coefficient (Wildman–Crippen LogP) is 17.5. The first kappa shape index (κ1) is 68.8. The number of amides is 6. The minimum atomic E-state index is -0.939. The molecule has 1 aliphatic carbocycles. The Labute approximate surface area is 604 Å². The first-order valence-corrected chi connectivity index (χ1v) is 34.7. The third kappa shape index (κ3) is 12.0. The van der Waals surface area contributed by atoms with Gasteiger partial charge in [-0.3, -0.25) is 38.4 Å². The lowest BCUT2D eigenvalue weighted by molar-refractivity contribution is 0.0572. The summed E-state index contributed by atoms with van der Waals surface area (Å²) in [7, 11) is 0. The Balaban J connectivity index is 0.629. The third-order valence-electron chi connectivity index (χ3n) is 20.6. The van der Waals surface area contributed by atoms with Gasteiger partial charge in [-0.05, 0) is 200 Å². The molecule has 4 heterocycles. The van der Waals surface area contributed by atoms with E-state index in [0.717, 1.165) is 52.6 Å². The zero-order valence-electron chi connectivity index (χ0n) is 58.3. The fourth-order valence-electron chi connectivity index (χ4n) is 14.3. The molecular formula is C87H71ClN4O12. The molecule has 9 aromatic rings. The summed E-state index contributed by atoms with van der Waals surface area (Å²) < 4.78 is 21.0. The molecule has 0 aromatic heterocycles. The second-order valence-corrected chi connectivity index (χ2v) is 27.9. The second kappa shape index (κ2) is 26.6. The summed E-state index contributed by atoms with van der Waals surface area (Å²) in [5.41, 5.74) is 3.57. The van der Waals surface area contributed by atoms with Gasteiger partial charge in [-0.15, -0.1) is 0 Å². The molecule has 1 atom stereocenters. The Hall–Kier alpha value is -12.3. The van der Waals surface area contributed by atoms with E-state index in [4.69, 9.17) is 25.8 Å². The zero-order chi connectivity index (χ0) is 73.3. The van der Waals surface area contributed by atoms with Crippen LogP contribution in [-0.4, -0.2) is 45.1 Å². The molecule has 0 bridgehead atoms. The summed E-state index contributed by atoms with van der Waals surface area (Å²) in [6.45, 7) is 16.4. The smallest absolute Gasteiger partial charge is 0.266 e. The molecule has 4 aliphatic heterocycles. The van der Waals surface area contributed by atoms with Crippen LogP contribution in [-0.2, 0) is 22.0 Å². The van der Waals surface area contributed by atoms with Gasteiger partial charge in [0.15, 0.2) is 0 Å². The lowest BCUT2D eigenvalue weighted by Gasteiger charge is -2.34. The van der Waals surface area contributed by atoms with Gasteiger partial charge in [0.05, 0.1) is 66.6 Å². The fourth-order valence-corrected chi connectivity index (χ4v) is 14.5. The average Bonchev–Trinajstić information content (AvgIpc) is 1.60. The summed E-state index contributed by atoms with van der Waals surface area (Å²) in [5.74, 6) is -1.43. The quantitative estimate of drug-likeness (QED) is 0.0560. The number of ether oxygens (including phenoxy) is 3. The van der Waals surface area contributed by atoms with Crippen LogP contribution in [0.5, 0.6) is 28.7 Å². The number of fused-ring (bicyclic) bond motifs is 3. The van der Waals surface area contributed by atoms with E-state index in [-0.39, 0.29) is 82.8 Å². The van der Waals surface area contributed by atoms with Gasteiger partial charge in [0.1, 0.15) is 39.9 Å². The van der Waals surface area contributed by atoms with Crippen molar-refractivity contribution in [2.75, 3.05) is 14.7 Å². The Morgan fingerprint density at radius 1 is 0.385 bits per heavy atom. The third-order valence-corrected chi connectivity index (χ3v) is 20.9. The van der Waals surface area contributed by atoms with Crippen LogP contribution in [0.3, 0.4) is 0 Å². The van der Waals surface area contributed by atoms with Gasteiger partial charge in [0, 0.05) is 22.3 Å². The van der Waals surface area contributed by atoms with Crippen LogP contribution in [0.4, 0.5) is 17.1 Å². The van der Waals surface area contributed by atoms with Crippen molar-refractivity contribution in [1.29, 1.82) is 0 Å². The molecule has 0 saturated heterocycles. The number of hydrogen-bond acceptors (Lipinski definition) is 12. The molecule has 17 heteroatoms. The molecule has 6 amide bonds. The van der Waals surface area contributed by atoms with E-state index in [9.17, 15) is 43.5 Å². The number of carbonyl (C=O) groups is 6. The number of benzene rings is 9. The monoisotopic (exact) mass is 1400 g/mol. The number of hydrogen-bond donors (Lipinski definition) is 1. The van der Waals surface area contributed by atoms with Crippen LogP contribution >= 0.6 is 11.6 Å². The van der Waals surface area contributed by atoms with Crippen molar-refractivity contribution in [3.63, 3.8) is 0 Å². The lowest BCUT2D eigenvalue weighted by atomic mass is 9.77. The van der Waals surface area contributed by atoms with Gasteiger partial charge in [-0.1, -0.05) is 156 Å². The van der Waals surface area contributed by atoms with Gasteiger partial charge in [-0.25, -0.2) is 19.3 Å². The van der Waals surface area contributed by atoms with Crippen molar-refractivity contribution >= 4 is 64.1 Å². The SMILES string of the molecule is CC=CCC(C)(Oc1ccc2c(c1)C(=O)N(c1cccc(-n3c(=O)c4ccccc(Cl)cc=4c3=O)c1)C2=O)c1ccc(C(C)(C)c2ccc(Oc3ccc4c(c3)C(=O)N(c3cccc(N5C(=O)c6ccc(C(CC)(CC)Oc7ccc(C(C)(C)c8ccc(O)cc8)cc7)cc6C5=O)c3)C4=O)cc2)cc1. The minimum Gasteiger partial charge on any atom is -0.508 e. The number of aromatic hydroxyl groups is 1. The fraction of sp³-hybridized carbons (Fsp3) is 0.172. The molecular weight excluding hydrogens is 1330 g/mol. The summed E-state index contributed by atoms with van der Waals surface area (Å²) in [5, 5.41) is 10.4. The van der Waals surface area contributed by atoms with E-state index in [0.29, 0.717) is 42.3 Å². The number of phenolic OH excluding ortho intramolecular Hbond substituents is 1. The van der Waals surface area contributed by atoms with Crippen LogP contribution in [0.15, 0.2) is 252 Å². The molecule has 0 saturated carbocycles. The molecule has 0 spiro atoms. The average molecular weight is 1400 g/mol. The van der Waals surface area contributed by atoms with Gasteiger partial charge in [0.2, 0.25) is 0 Å². The van der Waals surface area contributed by atoms with E-state index >= 15 is 0 Å². The lowest BCUT2D eigenvalue weighted by Crippen LogP contribution is -2.32. The molecule has 1 N–H and O–H groups in total. The van der Waals surface area contributed by atoms with E-state index in [1.165, 1.54) is 24.3 Å². The van der Waals surface area contributed by atoms with E-state index in [2.05, 4.69) is 39.8 Å². The summed E-state index contributed by atoms with van der Waals surface area (Å²) in [4.78, 5) is 116. The van der Waals surface area contributed by atoms with Gasteiger partial charge in [0.25, 0.3) is 46.6 Å². The first-order chi connectivity index (χ1) is 49.9. The van der Waals surface area contributed by atoms with Crippen molar-refractivity contribution < 1.29 is 48.1 Å². The number of halogens is 1. The minimum absolute atomic E-state index is 0.123. The number of anilines is 3. The standard InChI is InChI=1S/C87H71ClN4O12/c1-9-12-45-86(8,103-67-41-44-71-75(51-67)83(101)92(79(71)97)62-21-15-18-59(48-62)89-76(94)68-22-14-13-17-58(88)47-73(68)81(89)99)56-25-23-52(24-26-56)84(4,5)54-29-36-64(37-30-54)102-66-40-43-70-74(50-66)82(100)91(78(70)96)61-20-16-19-60(49-61)90-77(95)69-42-33-57(46-72(69)80(90)98)87(10-2,11-3)104-65-38-31-55(32-39-65)85(6,7)53-27-34-63(93)35-28-53/h9,12-44,46-51,93H,10-11,45H2,1-8H3. The Morgan fingerprint density at radius 3 is 1.32 bits per heavy atom. The maximum atomic E-state index is 14.5. The highest BCUT2D eigenvalue weighted by molar-refractivity contribution is 6.37. The largest absolute Gasteiger partial charge is 0.508 e. The molecule has 0 fully saturated rings. The van der Waals surface area contributed by atoms with E-state index < -0.39 is 63.2 Å². The van der Waals surface area contributed by atoms with Crippen LogP contribution < -0.4 is 40.0 Å². The number of nitrogens with zero attached hydrogens (tertiary/aromatic N) is 4. The Kier molecular flexibility index (Phi) is 17.6. The molecule has 5 aliphatic rings. The molecule has 518 valence electrons. The summed E-state index contributed by atoms with van der Waals surface area (Å²) >= 11 is 6.29. The van der Waals surface area contributed by atoms with Crippen LogP contribution in [0, 0.1) is 10.4 Å². The Morgan fingerprint density at radius 2 is 0.788 bits per heavy atom. The second-order valence-electron chi connectivity index (χ2n) is 27.5. The Bertz CT molecular complexity index is 5610.